The van der Waals surface area contributed by atoms with Crippen molar-refractivity contribution < 1.29 is 17.7 Å². The molecule has 16 rings (SSSR count). The number of hydrogen-bond acceptors (Lipinski definition) is 6. The molecule has 0 radical (unpaired) electrons. The second kappa shape index (κ2) is 15.7. The number of fused-ring (bicyclic) bond motifs is 15. The molecule has 16 aromatic rings. The van der Waals surface area contributed by atoms with Gasteiger partial charge in [0.1, 0.15) is 22.3 Å². The first-order valence-electron chi connectivity index (χ1n) is 25.0. The monoisotopic (exact) mass is 948 g/mol. The van der Waals surface area contributed by atoms with Crippen LogP contribution in [0.25, 0.3) is 120 Å². The predicted octanol–water partition coefficient (Wildman–Crippen LogP) is 20.2. The molecule has 4 aromatic heterocycles. The summed E-state index contributed by atoms with van der Waals surface area (Å²) in [6.07, 6.45) is 0. The van der Waals surface area contributed by atoms with Crippen LogP contribution in [0.15, 0.2) is 260 Å². The highest BCUT2D eigenvalue weighted by Crippen LogP contribution is 2.49. The van der Waals surface area contributed by atoms with Crippen molar-refractivity contribution in [2.75, 3.05) is 9.80 Å². The molecule has 0 atom stereocenters. The van der Waals surface area contributed by atoms with E-state index in [0.717, 1.165) is 155 Å². The summed E-state index contributed by atoms with van der Waals surface area (Å²) in [7, 11) is 0. The van der Waals surface area contributed by atoms with Gasteiger partial charge in [-0.15, -0.1) is 0 Å². The number of benzene rings is 12. The molecule has 0 fully saturated rings. The molecular weight excluding hydrogens is 909 g/mol. The molecule has 0 aliphatic carbocycles. The van der Waals surface area contributed by atoms with E-state index in [2.05, 4.69) is 228 Å². The molecule has 0 saturated carbocycles. The van der Waals surface area contributed by atoms with Gasteiger partial charge < -0.3 is 27.5 Å². The van der Waals surface area contributed by atoms with Crippen LogP contribution in [0, 0.1) is 0 Å². The SMILES string of the molecule is c1ccc(-c2cc3c4cc5ccc(N(c6ccccc6)c6cccc7c6oc6ccccc67)cc5cc4oc3c3oc4cc5cc(N(c6ccccc6)c6cccc7c6oc6ccccc67)ccc5cc4c23)cc1. The summed E-state index contributed by atoms with van der Waals surface area (Å²) in [5.41, 5.74) is 14.6. The van der Waals surface area contributed by atoms with Gasteiger partial charge in [-0.25, -0.2) is 0 Å². The number of rotatable bonds is 7. The van der Waals surface area contributed by atoms with E-state index >= 15 is 0 Å². The zero-order chi connectivity index (χ0) is 48.4. The van der Waals surface area contributed by atoms with E-state index in [0.29, 0.717) is 0 Å². The minimum Gasteiger partial charge on any atom is -0.454 e. The van der Waals surface area contributed by atoms with Crippen LogP contribution in [0.4, 0.5) is 34.1 Å². The van der Waals surface area contributed by atoms with E-state index in [1.165, 1.54) is 0 Å². The van der Waals surface area contributed by atoms with Gasteiger partial charge in [0, 0.05) is 65.8 Å². The standard InChI is InChI=1S/C68H40N2O4/c1-4-16-41(17-5-1)54-40-56-55-36-42-30-32-48(69(46-18-6-2-7-19-46)58-26-14-24-52-50-22-10-12-28-60(50)71-65(52)58)34-44(42)38-62(55)73-67(56)68-64(54)57-37-43-31-33-49(35-45(43)39-63(57)74-68)70(47-20-8-3-9-21-47)59-27-15-25-53-51-23-11-13-29-61(51)72-66(53)59/h1-40H. The Morgan fingerprint density at radius 1 is 0.243 bits per heavy atom. The van der Waals surface area contributed by atoms with E-state index in [4.69, 9.17) is 17.7 Å². The Labute approximate surface area is 422 Å². The molecular formula is C68H40N2O4. The van der Waals surface area contributed by atoms with Gasteiger partial charge in [-0.1, -0.05) is 140 Å². The van der Waals surface area contributed by atoms with Crippen LogP contribution >= 0.6 is 0 Å². The third-order valence-corrected chi connectivity index (χ3v) is 14.9. The van der Waals surface area contributed by atoms with Gasteiger partial charge in [0.2, 0.25) is 0 Å². The highest BCUT2D eigenvalue weighted by atomic mass is 16.4. The fourth-order valence-electron chi connectivity index (χ4n) is 11.6. The number of furan rings is 4. The molecule has 6 nitrogen and oxygen atoms in total. The summed E-state index contributed by atoms with van der Waals surface area (Å²) >= 11 is 0. The second-order valence-electron chi connectivity index (χ2n) is 19.2. The highest BCUT2D eigenvalue weighted by Gasteiger charge is 2.25. The Balaban J connectivity index is 0.874. The highest BCUT2D eigenvalue weighted by molar-refractivity contribution is 6.26. The van der Waals surface area contributed by atoms with Crippen molar-refractivity contribution in [3.63, 3.8) is 0 Å². The van der Waals surface area contributed by atoms with Crippen LogP contribution in [-0.2, 0) is 0 Å². The van der Waals surface area contributed by atoms with Crippen LogP contribution in [0.3, 0.4) is 0 Å². The van der Waals surface area contributed by atoms with Gasteiger partial charge >= 0.3 is 0 Å². The number of hydrogen-bond donors (Lipinski definition) is 0. The van der Waals surface area contributed by atoms with Crippen molar-refractivity contribution in [3.8, 4) is 11.1 Å². The van der Waals surface area contributed by atoms with E-state index in [9.17, 15) is 0 Å². The van der Waals surface area contributed by atoms with Gasteiger partial charge in [-0.2, -0.15) is 0 Å². The van der Waals surface area contributed by atoms with E-state index in [1.807, 2.05) is 24.3 Å². The lowest BCUT2D eigenvalue weighted by molar-refractivity contribution is 0.634. The average molecular weight is 949 g/mol. The van der Waals surface area contributed by atoms with Crippen molar-refractivity contribution in [3.05, 3.63) is 243 Å². The van der Waals surface area contributed by atoms with Crippen molar-refractivity contribution in [1.82, 2.24) is 0 Å². The molecule has 0 amide bonds. The smallest absolute Gasteiger partial charge is 0.179 e. The summed E-state index contributed by atoms with van der Waals surface area (Å²) in [5, 5.41) is 12.8. The maximum absolute atomic E-state index is 7.09. The van der Waals surface area contributed by atoms with E-state index < -0.39 is 0 Å². The van der Waals surface area contributed by atoms with Crippen molar-refractivity contribution in [2.45, 2.75) is 0 Å². The third kappa shape index (κ3) is 6.12. The quantitative estimate of drug-likeness (QED) is 0.159. The van der Waals surface area contributed by atoms with Crippen molar-refractivity contribution >= 4 is 143 Å². The topological polar surface area (TPSA) is 59.0 Å². The molecule has 0 aliphatic rings. The fraction of sp³-hybridized carbons (Fsp3) is 0. The van der Waals surface area contributed by atoms with E-state index in [-0.39, 0.29) is 0 Å². The lowest BCUT2D eigenvalue weighted by atomic mass is 9.95. The minimum atomic E-state index is 0.725. The minimum absolute atomic E-state index is 0.725. The molecule has 346 valence electrons. The Morgan fingerprint density at radius 3 is 1.27 bits per heavy atom. The first kappa shape index (κ1) is 40.7. The summed E-state index contributed by atoms with van der Waals surface area (Å²) in [6.45, 7) is 0. The predicted molar refractivity (Wildman–Crippen MR) is 305 cm³/mol. The van der Waals surface area contributed by atoms with Crippen LogP contribution in [0.5, 0.6) is 0 Å². The molecule has 74 heavy (non-hydrogen) atoms. The summed E-state index contributed by atoms with van der Waals surface area (Å²) in [4.78, 5) is 4.57. The summed E-state index contributed by atoms with van der Waals surface area (Å²) in [6, 6.07) is 85.4. The van der Waals surface area contributed by atoms with Crippen molar-refractivity contribution in [1.29, 1.82) is 0 Å². The van der Waals surface area contributed by atoms with Gasteiger partial charge in [0.25, 0.3) is 0 Å². The van der Waals surface area contributed by atoms with Crippen LogP contribution in [0.1, 0.15) is 0 Å². The van der Waals surface area contributed by atoms with Gasteiger partial charge in [0.15, 0.2) is 22.3 Å². The zero-order valence-electron chi connectivity index (χ0n) is 39.6. The van der Waals surface area contributed by atoms with Gasteiger partial charge in [0.05, 0.1) is 11.4 Å². The lowest BCUT2D eigenvalue weighted by Gasteiger charge is -2.25. The second-order valence-corrected chi connectivity index (χ2v) is 19.2. The molecule has 0 spiro atoms. The maximum Gasteiger partial charge on any atom is 0.179 e. The molecule has 4 heterocycles. The number of para-hydroxylation sites is 6. The number of anilines is 6. The Morgan fingerprint density at radius 2 is 0.703 bits per heavy atom. The van der Waals surface area contributed by atoms with E-state index in [1.54, 1.807) is 0 Å². The Kier molecular flexibility index (Phi) is 8.64. The fourth-order valence-corrected chi connectivity index (χ4v) is 11.6. The third-order valence-electron chi connectivity index (χ3n) is 14.9. The Bertz CT molecular complexity index is 4910. The largest absolute Gasteiger partial charge is 0.454 e. The molecule has 0 bridgehead atoms. The van der Waals surface area contributed by atoms with Crippen molar-refractivity contribution in [2.24, 2.45) is 0 Å². The van der Waals surface area contributed by atoms with Gasteiger partial charge in [-0.3, -0.25) is 0 Å². The summed E-state index contributed by atoms with van der Waals surface area (Å²) < 4.78 is 27.3. The molecule has 6 heteroatoms. The summed E-state index contributed by atoms with van der Waals surface area (Å²) in [5.74, 6) is 0. The molecule has 0 unspecified atom stereocenters. The molecule has 0 N–H and O–H groups in total. The molecule has 0 saturated heterocycles. The molecule has 0 aliphatic heterocycles. The first-order valence-corrected chi connectivity index (χ1v) is 25.0. The zero-order valence-corrected chi connectivity index (χ0v) is 39.6. The lowest BCUT2D eigenvalue weighted by Crippen LogP contribution is -2.10. The average Bonchev–Trinajstić information content (AvgIpc) is 4.23. The Hall–Kier alpha value is -10.0. The van der Waals surface area contributed by atoms with Gasteiger partial charge in [-0.05, 0) is 136 Å². The first-order chi connectivity index (χ1) is 36.7. The van der Waals surface area contributed by atoms with Crippen LogP contribution in [0.2, 0.25) is 0 Å². The number of nitrogens with zero attached hydrogens (tertiary/aromatic N) is 2. The van der Waals surface area contributed by atoms with Crippen LogP contribution < -0.4 is 9.80 Å². The normalized spacial score (nSPS) is 12.1. The van der Waals surface area contributed by atoms with Crippen LogP contribution in [-0.4, -0.2) is 0 Å². The maximum atomic E-state index is 7.09. The molecule has 12 aromatic carbocycles.